The molecule has 1 amide bonds. The molecule has 3 rings (SSSR count). The lowest BCUT2D eigenvalue weighted by Crippen LogP contribution is -2.53. The Balaban J connectivity index is 1.46. The molecule has 1 aliphatic carbocycles. The van der Waals surface area contributed by atoms with Crippen LogP contribution in [-0.4, -0.2) is 55.0 Å². The summed E-state index contributed by atoms with van der Waals surface area (Å²) in [6.07, 6.45) is 7.84. The minimum Gasteiger partial charge on any atom is -0.352 e. The Morgan fingerprint density at radius 2 is 1.76 bits per heavy atom. The lowest BCUT2D eigenvalue weighted by Gasteiger charge is -2.40. The number of hydrogen-bond donors (Lipinski definition) is 1. The van der Waals surface area contributed by atoms with E-state index in [1.165, 1.54) is 19.3 Å². The molecule has 0 bridgehead atoms. The van der Waals surface area contributed by atoms with Gasteiger partial charge in [-0.25, -0.2) is 0 Å². The second-order valence-electron chi connectivity index (χ2n) is 6.66. The summed E-state index contributed by atoms with van der Waals surface area (Å²) in [6.45, 7) is 5.18. The first-order valence-corrected chi connectivity index (χ1v) is 8.51. The van der Waals surface area contributed by atoms with Crippen LogP contribution in [0.1, 0.15) is 51.9 Å². The first-order valence-electron chi connectivity index (χ1n) is 8.51. The van der Waals surface area contributed by atoms with Crippen molar-refractivity contribution in [2.24, 2.45) is 0 Å². The van der Waals surface area contributed by atoms with Crippen LogP contribution in [0.5, 0.6) is 0 Å². The summed E-state index contributed by atoms with van der Waals surface area (Å²) in [5.41, 5.74) is 0. The van der Waals surface area contributed by atoms with E-state index in [4.69, 9.17) is 9.47 Å². The Morgan fingerprint density at radius 1 is 1.14 bits per heavy atom. The van der Waals surface area contributed by atoms with Gasteiger partial charge in [0.15, 0.2) is 5.79 Å². The maximum Gasteiger partial charge on any atom is 0.237 e. The van der Waals surface area contributed by atoms with E-state index >= 15 is 0 Å². The number of carbonyl (C=O) groups excluding carboxylic acids is 1. The van der Waals surface area contributed by atoms with E-state index in [1.54, 1.807) is 0 Å². The lowest BCUT2D eigenvalue weighted by atomic mass is 9.95. The minimum absolute atomic E-state index is 0.0503. The molecule has 2 saturated heterocycles. The Morgan fingerprint density at radius 3 is 2.38 bits per heavy atom. The zero-order valence-electron chi connectivity index (χ0n) is 13.1. The molecule has 0 aromatic carbocycles. The van der Waals surface area contributed by atoms with E-state index in [0.717, 1.165) is 38.8 Å². The number of piperidine rings is 1. The molecule has 2 heterocycles. The summed E-state index contributed by atoms with van der Waals surface area (Å²) < 4.78 is 11.5. The van der Waals surface area contributed by atoms with Gasteiger partial charge in [-0.3, -0.25) is 9.69 Å². The predicted molar refractivity (Wildman–Crippen MR) is 79.9 cm³/mol. The van der Waals surface area contributed by atoms with E-state index < -0.39 is 0 Å². The van der Waals surface area contributed by atoms with Crippen LogP contribution in [0.15, 0.2) is 0 Å². The highest BCUT2D eigenvalue weighted by atomic mass is 16.7. The fraction of sp³-hybridized carbons (Fsp3) is 0.938. The average Bonchev–Trinajstić information content (AvgIpc) is 2.96. The fourth-order valence-electron chi connectivity index (χ4n) is 3.77. The van der Waals surface area contributed by atoms with Crippen molar-refractivity contribution in [1.29, 1.82) is 0 Å². The molecule has 1 saturated carbocycles. The minimum atomic E-state index is -0.351. The number of ether oxygens (including phenoxy) is 2. The highest BCUT2D eigenvalue weighted by molar-refractivity contribution is 5.81. The summed E-state index contributed by atoms with van der Waals surface area (Å²) in [5.74, 6) is -0.165. The van der Waals surface area contributed by atoms with Gasteiger partial charge >= 0.3 is 0 Å². The molecule has 0 unspecified atom stereocenters. The lowest BCUT2D eigenvalue weighted by molar-refractivity contribution is -0.188. The Bertz CT molecular complexity index is 353. The smallest absolute Gasteiger partial charge is 0.237 e. The molecule has 21 heavy (non-hydrogen) atoms. The molecular weight excluding hydrogens is 268 g/mol. The largest absolute Gasteiger partial charge is 0.352 e. The summed E-state index contributed by atoms with van der Waals surface area (Å²) in [4.78, 5) is 14.7. The standard InChI is InChI=1S/C16H28N2O3/c1-13(15(19)17-14-5-3-2-4-6-14)18-9-7-16(8-10-18)20-11-12-21-16/h13-14H,2-12H2,1H3,(H,17,19)/t13-/m1/s1. The fourth-order valence-corrected chi connectivity index (χ4v) is 3.77. The molecular formula is C16H28N2O3. The summed E-state index contributed by atoms with van der Waals surface area (Å²) in [7, 11) is 0. The van der Waals surface area contributed by atoms with E-state index in [9.17, 15) is 4.79 Å². The number of likely N-dealkylation sites (tertiary alicyclic amines) is 1. The Hall–Kier alpha value is -0.650. The van der Waals surface area contributed by atoms with Gasteiger partial charge < -0.3 is 14.8 Å². The number of carbonyl (C=O) groups is 1. The van der Waals surface area contributed by atoms with Gasteiger partial charge in [0.1, 0.15) is 0 Å². The molecule has 1 atom stereocenters. The van der Waals surface area contributed by atoms with Crippen LogP contribution in [0, 0.1) is 0 Å². The number of nitrogens with zero attached hydrogens (tertiary/aromatic N) is 1. The molecule has 1 N–H and O–H groups in total. The van der Waals surface area contributed by atoms with Gasteiger partial charge in [0.2, 0.25) is 5.91 Å². The molecule has 5 heteroatoms. The second kappa shape index (κ2) is 6.63. The highest BCUT2D eigenvalue weighted by Crippen LogP contribution is 2.31. The third-order valence-electron chi connectivity index (χ3n) is 5.25. The monoisotopic (exact) mass is 296 g/mol. The van der Waals surface area contributed by atoms with Gasteiger partial charge in [0.25, 0.3) is 0 Å². The first kappa shape index (κ1) is 15.3. The molecule has 2 aliphatic heterocycles. The van der Waals surface area contributed by atoms with Crippen LogP contribution in [-0.2, 0) is 14.3 Å². The third kappa shape index (κ3) is 3.58. The zero-order valence-corrected chi connectivity index (χ0v) is 13.1. The van der Waals surface area contributed by atoms with Crippen molar-refractivity contribution in [2.45, 2.75) is 69.7 Å². The third-order valence-corrected chi connectivity index (χ3v) is 5.25. The number of hydrogen-bond acceptors (Lipinski definition) is 4. The maximum absolute atomic E-state index is 12.4. The molecule has 1 spiro atoms. The summed E-state index contributed by atoms with van der Waals surface area (Å²) >= 11 is 0. The molecule has 0 aromatic rings. The van der Waals surface area contributed by atoms with E-state index in [1.807, 2.05) is 6.92 Å². The predicted octanol–water partition coefficient (Wildman–Crippen LogP) is 1.66. The Kier molecular flexibility index (Phi) is 4.82. The highest BCUT2D eigenvalue weighted by Gasteiger charge is 2.41. The van der Waals surface area contributed by atoms with Gasteiger partial charge in [0.05, 0.1) is 19.3 Å². The normalized spacial score (nSPS) is 28.6. The summed E-state index contributed by atoms with van der Waals surface area (Å²) in [5, 5.41) is 3.23. The van der Waals surface area contributed by atoms with Crippen molar-refractivity contribution < 1.29 is 14.3 Å². The van der Waals surface area contributed by atoms with E-state index in [0.29, 0.717) is 19.3 Å². The van der Waals surface area contributed by atoms with Gasteiger partial charge in [0, 0.05) is 32.0 Å². The van der Waals surface area contributed by atoms with Crippen LogP contribution >= 0.6 is 0 Å². The van der Waals surface area contributed by atoms with Crippen LogP contribution in [0.3, 0.4) is 0 Å². The van der Waals surface area contributed by atoms with Crippen LogP contribution in [0.4, 0.5) is 0 Å². The molecule has 0 aromatic heterocycles. The molecule has 120 valence electrons. The topological polar surface area (TPSA) is 50.8 Å². The van der Waals surface area contributed by atoms with E-state index in [2.05, 4.69) is 10.2 Å². The molecule has 5 nitrogen and oxygen atoms in total. The van der Waals surface area contributed by atoms with Crippen molar-refractivity contribution >= 4 is 5.91 Å². The number of amides is 1. The van der Waals surface area contributed by atoms with Gasteiger partial charge in [-0.15, -0.1) is 0 Å². The number of rotatable bonds is 3. The van der Waals surface area contributed by atoms with Crippen LogP contribution < -0.4 is 5.32 Å². The van der Waals surface area contributed by atoms with Crippen LogP contribution in [0.25, 0.3) is 0 Å². The van der Waals surface area contributed by atoms with Crippen LogP contribution in [0.2, 0.25) is 0 Å². The average molecular weight is 296 g/mol. The van der Waals surface area contributed by atoms with E-state index in [-0.39, 0.29) is 17.7 Å². The second-order valence-corrected chi connectivity index (χ2v) is 6.66. The van der Waals surface area contributed by atoms with Gasteiger partial charge in [-0.2, -0.15) is 0 Å². The van der Waals surface area contributed by atoms with Crippen molar-refractivity contribution in [3.05, 3.63) is 0 Å². The van der Waals surface area contributed by atoms with Crippen molar-refractivity contribution in [1.82, 2.24) is 10.2 Å². The van der Waals surface area contributed by atoms with Crippen molar-refractivity contribution in [2.75, 3.05) is 26.3 Å². The van der Waals surface area contributed by atoms with Gasteiger partial charge in [-0.1, -0.05) is 19.3 Å². The first-order chi connectivity index (χ1) is 10.2. The maximum atomic E-state index is 12.4. The van der Waals surface area contributed by atoms with Gasteiger partial charge in [-0.05, 0) is 19.8 Å². The molecule has 3 aliphatic rings. The zero-order chi connectivity index (χ0) is 14.7. The number of nitrogens with one attached hydrogen (secondary N) is 1. The summed E-state index contributed by atoms with van der Waals surface area (Å²) in [6, 6.07) is 0.344. The Labute approximate surface area is 127 Å². The molecule has 3 fully saturated rings. The van der Waals surface area contributed by atoms with Crippen molar-refractivity contribution in [3.63, 3.8) is 0 Å². The SMILES string of the molecule is C[C@H](C(=O)NC1CCCCC1)N1CCC2(CC1)OCCO2. The van der Waals surface area contributed by atoms with Crippen molar-refractivity contribution in [3.8, 4) is 0 Å². The quantitative estimate of drug-likeness (QED) is 0.860. The molecule has 0 radical (unpaired) electrons.